The molecule has 11 nitrogen and oxygen atoms in total. The lowest BCUT2D eigenvalue weighted by molar-refractivity contribution is 0.545. The van der Waals surface area contributed by atoms with Crippen molar-refractivity contribution in [3.63, 3.8) is 0 Å². The van der Waals surface area contributed by atoms with E-state index in [0.29, 0.717) is 25.9 Å². The van der Waals surface area contributed by atoms with E-state index in [2.05, 4.69) is 49.3 Å². The molecule has 2 heterocycles. The molecule has 0 amide bonds. The van der Waals surface area contributed by atoms with Gasteiger partial charge in [-0.3, -0.25) is 29.5 Å². The average molecular weight is 629 g/mol. The molecule has 0 radical (unpaired) electrons. The summed E-state index contributed by atoms with van der Waals surface area (Å²) in [5, 5.41) is 10.8. The Labute approximate surface area is 245 Å². The Balaban J connectivity index is 0.000000168. The van der Waals surface area contributed by atoms with Gasteiger partial charge in [0.15, 0.2) is 4.60 Å². The third-order valence-electron chi connectivity index (χ3n) is 6.72. The van der Waals surface area contributed by atoms with Crippen LogP contribution in [0.3, 0.4) is 0 Å². The Kier molecular flexibility index (Phi) is 8.53. The largest absolute Gasteiger partial charge is 0.344 e. The number of nitrogens with one attached hydrogen (secondary N) is 3. The highest BCUT2D eigenvalue weighted by Crippen LogP contribution is 2.20. The standard InChI is InChI=1S/C15H12BrN3O2.C15H13N3O3/c16-13-14(20)17-15(21)19(18-13)9-8-11-6-3-5-10-4-1-2-7-12(10)11;19-13-14(20)17-18(15(21)16-13)9-8-11-6-3-5-10-4-1-2-7-12(10)11/h1-7H,8-9H2,(H,17,20,21);1-7H,8-9H2,(H,17,20)(H,16,19,21). The quantitative estimate of drug-likeness (QED) is 0.241. The van der Waals surface area contributed by atoms with Gasteiger partial charge in [0.05, 0.1) is 6.54 Å². The lowest BCUT2D eigenvalue weighted by Gasteiger charge is -2.07. The Hall–Kier alpha value is -5.10. The number of benzene rings is 4. The molecule has 0 spiro atoms. The molecule has 6 aromatic rings. The van der Waals surface area contributed by atoms with Gasteiger partial charge in [-0.15, -0.1) is 0 Å². The summed E-state index contributed by atoms with van der Waals surface area (Å²) < 4.78 is 2.48. The van der Waals surface area contributed by atoms with Crippen LogP contribution >= 0.6 is 15.9 Å². The first-order valence-electron chi connectivity index (χ1n) is 13.0. The fourth-order valence-electron chi connectivity index (χ4n) is 4.64. The minimum absolute atomic E-state index is 0.111. The van der Waals surface area contributed by atoms with Crippen LogP contribution in [-0.2, 0) is 25.9 Å². The van der Waals surface area contributed by atoms with Crippen LogP contribution in [0.4, 0.5) is 0 Å². The highest BCUT2D eigenvalue weighted by molar-refractivity contribution is 9.10. The molecule has 42 heavy (non-hydrogen) atoms. The summed E-state index contributed by atoms with van der Waals surface area (Å²) in [6, 6.07) is 28.1. The first-order chi connectivity index (χ1) is 20.3. The van der Waals surface area contributed by atoms with Crippen LogP contribution in [0.15, 0.2) is 114 Å². The van der Waals surface area contributed by atoms with Crippen LogP contribution in [0, 0.1) is 0 Å². The summed E-state index contributed by atoms with van der Waals surface area (Å²) in [4.78, 5) is 61.1. The SMILES string of the molecule is O=c1[nH]c(=O)n(CCc2cccc3ccccc23)[nH]c1=O.O=c1[nH]c(=O)n(CCc2cccc3ccccc23)nc1Br. The molecule has 3 N–H and O–H groups in total. The predicted molar refractivity (Wildman–Crippen MR) is 164 cm³/mol. The number of hydrogen-bond donors (Lipinski definition) is 3. The van der Waals surface area contributed by atoms with Crippen molar-refractivity contribution in [3.8, 4) is 0 Å². The molecule has 2 aromatic heterocycles. The zero-order chi connectivity index (χ0) is 29.6. The van der Waals surface area contributed by atoms with Gasteiger partial charge in [-0.2, -0.15) is 5.10 Å². The van der Waals surface area contributed by atoms with Gasteiger partial charge < -0.3 is 0 Å². The van der Waals surface area contributed by atoms with Gasteiger partial charge in [0.2, 0.25) is 0 Å². The number of aromatic amines is 3. The number of rotatable bonds is 6. The monoisotopic (exact) mass is 628 g/mol. The highest BCUT2D eigenvalue weighted by atomic mass is 79.9. The van der Waals surface area contributed by atoms with Crippen LogP contribution in [0.5, 0.6) is 0 Å². The minimum atomic E-state index is -0.929. The van der Waals surface area contributed by atoms with Crippen LogP contribution in [-0.4, -0.2) is 29.5 Å². The molecular weight excluding hydrogens is 604 g/mol. The smallest absolute Gasteiger partial charge is 0.270 e. The first-order valence-corrected chi connectivity index (χ1v) is 13.8. The van der Waals surface area contributed by atoms with Gasteiger partial charge in [-0.1, -0.05) is 84.9 Å². The van der Waals surface area contributed by atoms with Crippen LogP contribution in [0.25, 0.3) is 21.5 Å². The highest BCUT2D eigenvalue weighted by Gasteiger charge is 2.06. The van der Waals surface area contributed by atoms with Crippen LogP contribution in [0.2, 0.25) is 0 Å². The molecule has 0 atom stereocenters. The second kappa shape index (κ2) is 12.6. The number of halogens is 1. The van der Waals surface area contributed by atoms with Gasteiger partial charge in [0, 0.05) is 6.54 Å². The van der Waals surface area contributed by atoms with E-state index in [1.54, 1.807) is 0 Å². The Morgan fingerprint density at radius 1 is 0.595 bits per heavy atom. The van der Waals surface area contributed by atoms with Crippen molar-refractivity contribution in [3.05, 3.63) is 153 Å². The second-order valence-corrected chi connectivity index (χ2v) is 10.2. The second-order valence-electron chi connectivity index (χ2n) is 9.40. The zero-order valence-electron chi connectivity index (χ0n) is 22.2. The predicted octanol–water partition coefficient (Wildman–Crippen LogP) is 2.71. The number of aryl methyl sites for hydroxylation is 4. The molecule has 0 aliphatic heterocycles. The van der Waals surface area contributed by atoms with E-state index in [0.717, 1.165) is 37.4 Å². The van der Waals surface area contributed by atoms with E-state index in [1.165, 1.54) is 4.68 Å². The van der Waals surface area contributed by atoms with E-state index < -0.39 is 28.1 Å². The number of fused-ring (bicyclic) bond motifs is 2. The zero-order valence-corrected chi connectivity index (χ0v) is 23.8. The molecule has 12 heteroatoms. The van der Waals surface area contributed by atoms with Crippen molar-refractivity contribution in [2.24, 2.45) is 0 Å². The molecule has 212 valence electrons. The molecule has 0 aliphatic carbocycles. The molecule has 0 aliphatic rings. The van der Waals surface area contributed by atoms with Crippen LogP contribution in [0.1, 0.15) is 11.1 Å². The Morgan fingerprint density at radius 2 is 1.12 bits per heavy atom. The average Bonchev–Trinajstić information content (AvgIpc) is 3.00. The number of hydrogen-bond acceptors (Lipinski definition) is 6. The molecular formula is C30H25BrN6O5. The van der Waals surface area contributed by atoms with Crippen molar-refractivity contribution in [1.29, 1.82) is 0 Å². The third kappa shape index (κ3) is 6.44. The maximum absolute atomic E-state index is 11.7. The topological polar surface area (TPSA) is 155 Å². The third-order valence-corrected chi connectivity index (χ3v) is 7.24. The molecule has 0 fully saturated rings. The molecule has 0 saturated carbocycles. The summed E-state index contributed by atoms with van der Waals surface area (Å²) in [5.41, 5.74) is -1.16. The van der Waals surface area contributed by atoms with E-state index in [1.807, 2.05) is 71.7 Å². The van der Waals surface area contributed by atoms with E-state index in [9.17, 15) is 24.0 Å². The summed E-state index contributed by atoms with van der Waals surface area (Å²) in [7, 11) is 0. The van der Waals surface area contributed by atoms with Gasteiger partial charge >= 0.3 is 22.5 Å². The molecule has 0 bridgehead atoms. The maximum atomic E-state index is 11.7. The number of H-pyrrole nitrogens is 3. The van der Waals surface area contributed by atoms with Crippen molar-refractivity contribution in [2.45, 2.75) is 25.9 Å². The van der Waals surface area contributed by atoms with E-state index in [-0.39, 0.29) is 4.60 Å². The summed E-state index contributed by atoms with van der Waals surface area (Å²) in [5.74, 6) is 0. The summed E-state index contributed by atoms with van der Waals surface area (Å²) >= 11 is 3.03. The fourth-order valence-corrected chi connectivity index (χ4v) is 4.93. The lowest BCUT2D eigenvalue weighted by Crippen LogP contribution is -2.43. The van der Waals surface area contributed by atoms with E-state index >= 15 is 0 Å². The first kappa shape index (κ1) is 28.4. The van der Waals surface area contributed by atoms with Crippen molar-refractivity contribution in [2.75, 3.05) is 0 Å². The van der Waals surface area contributed by atoms with Gasteiger partial charge in [0.25, 0.3) is 5.56 Å². The molecule has 4 aromatic carbocycles. The van der Waals surface area contributed by atoms with Crippen molar-refractivity contribution < 1.29 is 0 Å². The molecule has 0 unspecified atom stereocenters. The van der Waals surface area contributed by atoms with Crippen molar-refractivity contribution >= 4 is 37.5 Å². The van der Waals surface area contributed by atoms with E-state index in [4.69, 9.17) is 0 Å². The Morgan fingerprint density at radius 3 is 1.74 bits per heavy atom. The minimum Gasteiger partial charge on any atom is -0.270 e. The number of aromatic nitrogens is 6. The van der Waals surface area contributed by atoms with Gasteiger partial charge in [-0.05, 0) is 61.4 Å². The van der Waals surface area contributed by atoms with Crippen LogP contribution < -0.4 is 28.1 Å². The van der Waals surface area contributed by atoms with Crippen molar-refractivity contribution in [1.82, 2.24) is 29.5 Å². The summed E-state index contributed by atoms with van der Waals surface area (Å²) in [6.45, 7) is 0.696. The number of nitrogens with zero attached hydrogens (tertiary/aromatic N) is 3. The molecule has 0 saturated heterocycles. The molecule has 6 rings (SSSR count). The fraction of sp³-hybridized carbons (Fsp3) is 0.133. The lowest BCUT2D eigenvalue weighted by atomic mass is 10.0. The summed E-state index contributed by atoms with van der Waals surface area (Å²) in [6.07, 6.45) is 1.23. The van der Waals surface area contributed by atoms with Gasteiger partial charge in [0.1, 0.15) is 0 Å². The maximum Gasteiger partial charge on any atom is 0.344 e. The Bertz CT molecular complexity index is 2180. The normalized spacial score (nSPS) is 10.9. The van der Waals surface area contributed by atoms with Gasteiger partial charge in [-0.25, -0.2) is 19.0 Å².